The molecule has 9 heteroatoms. The molecule has 0 spiro atoms. The molecule has 1 N–H and O–H groups in total. The molecule has 0 unspecified atom stereocenters. The average Bonchev–Trinajstić information content (AvgIpc) is 3.37. The predicted octanol–water partition coefficient (Wildman–Crippen LogP) is 2.63. The number of fused-ring (bicyclic) bond motifs is 1. The largest absolute Gasteiger partial charge is 0.311 e. The van der Waals surface area contributed by atoms with E-state index in [1.54, 1.807) is 16.8 Å². The van der Waals surface area contributed by atoms with Gasteiger partial charge in [-0.25, -0.2) is 13.1 Å². The van der Waals surface area contributed by atoms with E-state index in [0.29, 0.717) is 49.6 Å². The second-order valence-corrected chi connectivity index (χ2v) is 10.2. The Morgan fingerprint density at radius 3 is 2.71 bits per heavy atom. The standard InChI is InChI=1S/C22H27N5O3S/c1-16-14-21(27(25-16)11-3-10-23)24-22(28)18-8-12-26(13-9-18)31(29,30)20-7-6-17-4-2-5-19(17)15-20/h6-7,14-15,18H,2-5,8-9,11-13H2,1H3,(H,24,28). The topological polar surface area (TPSA) is 108 Å². The van der Waals surface area contributed by atoms with Gasteiger partial charge in [0.2, 0.25) is 15.9 Å². The molecular weight excluding hydrogens is 414 g/mol. The number of amides is 1. The fraction of sp³-hybridized carbons (Fsp3) is 0.500. The lowest BCUT2D eigenvalue weighted by molar-refractivity contribution is -0.121. The lowest BCUT2D eigenvalue weighted by Crippen LogP contribution is -2.41. The van der Waals surface area contributed by atoms with Crippen molar-refractivity contribution in [2.75, 3.05) is 18.4 Å². The Morgan fingerprint density at radius 1 is 1.23 bits per heavy atom. The summed E-state index contributed by atoms with van der Waals surface area (Å²) >= 11 is 0. The van der Waals surface area contributed by atoms with Gasteiger partial charge in [-0.2, -0.15) is 14.7 Å². The minimum Gasteiger partial charge on any atom is -0.311 e. The van der Waals surface area contributed by atoms with Crippen molar-refractivity contribution in [3.05, 3.63) is 41.1 Å². The van der Waals surface area contributed by atoms with E-state index in [1.165, 1.54) is 9.87 Å². The van der Waals surface area contributed by atoms with Crippen molar-refractivity contribution in [1.29, 1.82) is 5.26 Å². The van der Waals surface area contributed by atoms with Crippen LogP contribution in [0.1, 0.15) is 42.5 Å². The Balaban J connectivity index is 1.38. The minimum absolute atomic E-state index is 0.132. The smallest absolute Gasteiger partial charge is 0.243 e. The molecule has 2 heterocycles. The van der Waals surface area contributed by atoms with Crippen molar-refractivity contribution in [2.24, 2.45) is 5.92 Å². The van der Waals surface area contributed by atoms with Crippen molar-refractivity contribution in [1.82, 2.24) is 14.1 Å². The van der Waals surface area contributed by atoms with Crippen LogP contribution in [0.4, 0.5) is 5.82 Å². The summed E-state index contributed by atoms with van der Waals surface area (Å²) in [6.45, 7) is 2.90. The van der Waals surface area contributed by atoms with E-state index < -0.39 is 10.0 Å². The van der Waals surface area contributed by atoms with Crippen LogP contribution in [-0.2, 0) is 34.2 Å². The SMILES string of the molecule is Cc1cc(NC(=O)C2CCN(S(=O)(=O)c3ccc4c(c3)CCC4)CC2)n(CCC#N)n1. The molecule has 1 aliphatic heterocycles. The summed E-state index contributed by atoms with van der Waals surface area (Å²) in [5.74, 6) is 0.185. The van der Waals surface area contributed by atoms with E-state index in [9.17, 15) is 13.2 Å². The molecule has 0 radical (unpaired) electrons. The first-order chi connectivity index (χ1) is 14.9. The molecule has 1 aliphatic carbocycles. The van der Waals surface area contributed by atoms with Crippen molar-refractivity contribution < 1.29 is 13.2 Å². The van der Waals surface area contributed by atoms with E-state index in [1.807, 2.05) is 19.1 Å². The summed E-state index contributed by atoms with van der Waals surface area (Å²) in [6, 6.07) is 9.33. The molecule has 1 aromatic carbocycles. The maximum atomic E-state index is 13.1. The van der Waals surface area contributed by atoms with Gasteiger partial charge in [0.05, 0.1) is 29.6 Å². The number of rotatable bonds is 6. The maximum Gasteiger partial charge on any atom is 0.243 e. The van der Waals surface area contributed by atoms with Crippen molar-refractivity contribution in [3.63, 3.8) is 0 Å². The van der Waals surface area contributed by atoms with Crippen LogP contribution in [0.2, 0.25) is 0 Å². The van der Waals surface area contributed by atoms with Gasteiger partial charge in [0.15, 0.2) is 0 Å². The van der Waals surface area contributed by atoms with Crippen LogP contribution in [0.25, 0.3) is 0 Å². The zero-order valence-corrected chi connectivity index (χ0v) is 18.5. The number of carbonyl (C=O) groups is 1. The molecule has 1 amide bonds. The van der Waals surface area contributed by atoms with Gasteiger partial charge in [-0.3, -0.25) is 4.79 Å². The number of hydrogen-bond acceptors (Lipinski definition) is 5. The van der Waals surface area contributed by atoms with Crippen molar-refractivity contribution in [3.8, 4) is 6.07 Å². The monoisotopic (exact) mass is 441 g/mol. The van der Waals surface area contributed by atoms with Crippen LogP contribution in [0.5, 0.6) is 0 Å². The number of benzene rings is 1. The lowest BCUT2D eigenvalue weighted by atomic mass is 9.97. The first-order valence-corrected chi connectivity index (χ1v) is 12.2. The number of anilines is 1. The van der Waals surface area contributed by atoms with Crippen LogP contribution in [-0.4, -0.2) is 41.5 Å². The fourth-order valence-corrected chi connectivity index (χ4v) is 5.94. The number of aryl methyl sites for hydroxylation is 4. The Morgan fingerprint density at radius 2 is 1.97 bits per heavy atom. The van der Waals surface area contributed by atoms with Gasteiger partial charge >= 0.3 is 0 Å². The molecule has 1 fully saturated rings. The summed E-state index contributed by atoms with van der Waals surface area (Å²) < 4.78 is 29.3. The van der Waals surface area contributed by atoms with Crippen LogP contribution >= 0.6 is 0 Å². The van der Waals surface area contributed by atoms with Crippen LogP contribution < -0.4 is 5.32 Å². The zero-order valence-electron chi connectivity index (χ0n) is 17.7. The Kier molecular flexibility index (Phi) is 6.12. The maximum absolute atomic E-state index is 13.1. The van der Waals surface area contributed by atoms with Gasteiger partial charge in [0.25, 0.3) is 0 Å². The highest BCUT2D eigenvalue weighted by molar-refractivity contribution is 7.89. The van der Waals surface area contributed by atoms with Crippen LogP contribution in [0.15, 0.2) is 29.2 Å². The highest BCUT2D eigenvalue weighted by atomic mass is 32.2. The molecule has 2 aliphatic rings. The second-order valence-electron chi connectivity index (χ2n) is 8.25. The third-order valence-electron chi connectivity index (χ3n) is 6.12. The molecule has 4 rings (SSSR count). The van der Waals surface area contributed by atoms with Gasteiger partial charge in [0.1, 0.15) is 5.82 Å². The Labute approximate surface area is 182 Å². The molecular formula is C22H27N5O3S. The molecule has 2 aromatic rings. The van der Waals surface area contributed by atoms with Gasteiger partial charge in [0, 0.05) is 25.1 Å². The average molecular weight is 442 g/mol. The quantitative estimate of drug-likeness (QED) is 0.741. The second kappa shape index (κ2) is 8.81. The predicted molar refractivity (Wildman–Crippen MR) is 116 cm³/mol. The molecule has 0 saturated carbocycles. The first kappa shape index (κ1) is 21.5. The van der Waals surface area contributed by atoms with E-state index in [0.717, 1.165) is 30.5 Å². The molecule has 31 heavy (non-hydrogen) atoms. The number of nitriles is 1. The van der Waals surface area contributed by atoms with Crippen LogP contribution in [0, 0.1) is 24.2 Å². The molecule has 164 valence electrons. The molecule has 0 bridgehead atoms. The summed E-state index contributed by atoms with van der Waals surface area (Å²) in [4.78, 5) is 13.1. The van der Waals surface area contributed by atoms with E-state index in [4.69, 9.17) is 5.26 Å². The van der Waals surface area contributed by atoms with Gasteiger partial charge < -0.3 is 5.32 Å². The number of aromatic nitrogens is 2. The van der Waals surface area contributed by atoms with E-state index in [2.05, 4.69) is 16.5 Å². The number of piperidine rings is 1. The fourth-order valence-electron chi connectivity index (χ4n) is 4.42. The molecule has 0 atom stereocenters. The number of nitrogens with zero attached hydrogens (tertiary/aromatic N) is 4. The number of nitrogens with one attached hydrogen (secondary N) is 1. The highest BCUT2D eigenvalue weighted by Gasteiger charge is 2.33. The third-order valence-corrected chi connectivity index (χ3v) is 8.02. The third kappa shape index (κ3) is 4.50. The summed E-state index contributed by atoms with van der Waals surface area (Å²) in [5.41, 5.74) is 3.15. The van der Waals surface area contributed by atoms with Crippen molar-refractivity contribution in [2.45, 2.75) is 56.9 Å². The summed E-state index contributed by atoms with van der Waals surface area (Å²) in [7, 11) is -3.55. The minimum atomic E-state index is -3.55. The Hall–Kier alpha value is -2.70. The van der Waals surface area contributed by atoms with E-state index >= 15 is 0 Å². The van der Waals surface area contributed by atoms with Gasteiger partial charge in [-0.05, 0) is 62.3 Å². The summed E-state index contributed by atoms with van der Waals surface area (Å²) in [6.07, 6.45) is 4.29. The number of carbonyl (C=O) groups excluding carboxylic acids is 1. The zero-order chi connectivity index (χ0) is 22.0. The summed E-state index contributed by atoms with van der Waals surface area (Å²) in [5, 5.41) is 16.0. The van der Waals surface area contributed by atoms with E-state index in [-0.39, 0.29) is 11.8 Å². The molecule has 1 saturated heterocycles. The van der Waals surface area contributed by atoms with Crippen LogP contribution in [0.3, 0.4) is 0 Å². The Bertz CT molecular complexity index is 1120. The number of hydrogen-bond donors (Lipinski definition) is 1. The van der Waals surface area contributed by atoms with Gasteiger partial charge in [-0.15, -0.1) is 0 Å². The molecule has 1 aromatic heterocycles. The van der Waals surface area contributed by atoms with Gasteiger partial charge in [-0.1, -0.05) is 6.07 Å². The van der Waals surface area contributed by atoms with Crippen molar-refractivity contribution >= 4 is 21.7 Å². The first-order valence-electron chi connectivity index (χ1n) is 10.7. The molecule has 8 nitrogen and oxygen atoms in total. The number of sulfonamides is 1. The normalized spacial score (nSPS) is 17.3. The lowest BCUT2D eigenvalue weighted by Gasteiger charge is -2.30. The highest BCUT2D eigenvalue weighted by Crippen LogP contribution is 2.29.